The molecule has 2 aromatic heterocycles. The molecule has 0 N–H and O–H groups in total. The molecule has 0 spiro atoms. The van der Waals surface area contributed by atoms with E-state index in [4.69, 9.17) is 9.40 Å². The molecule has 0 saturated carbocycles. The van der Waals surface area contributed by atoms with Crippen molar-refractivity contribution in [3.63, 3.8) is 0 Å². The van der Waals surface area contributed by atoms with Crippen LogP contribution in [0.3, 0.4) is 0 Å². The van der Waals surface area contributed by atoms with Crippen LogP contribution in [0.15, 0.2) is 187 Å². The summed E-state index contributed by atoms with van der Waals surface area (Å²) < 4.78 is 6.49. The Balaban J connectivity index is 1.16. The van der Waals surface area contributed by atoms with Crippen LogP contribution in [-0.4, -0.2) is 4.98 Å². The van der Waals surface area contributed by atoms with Crippen LogP contribution in [0.4, 0.5) is 17.2 Å². The first-order valence-corrected chi connectivity index (χ1v) is 16.2. The number of para-hydroxylation sites is 1. The van der Waals surface area contributed by atoms with Crippen molar-refractivity contribution in [1.29, 1.82) is 0 Å². The number of pyridine rings is 1. The number of rotatable bonds is 6. The number of benzene rings is 7. The molecular formula is C45H30N2O. The van der Waals surface area contributed by atoms with Crippen LogP contribution >= 0.6 is 0 Å². The van der Waals surface area contributed by atoms with E-state index in [1.807, 2.05) is 12.3 Å². The van der Waals surface area contributed by atoms with Crippen LogP contribution in [0.25, 0.3) is 66.1 Å². The summed E-state index contributed by atoms with van der Waals surface area (Å²) in [5.74, 6) is 0.787. The van der Waals surface area contributed by atoms with Crippen LogP contribution in [0.2, 0.25) is 0 Å². The summed E-state index contributed by atoms with van der Waals surface area (Å²) in [4.78, 5) is 7.31. The highest BCUT2D eigenvalue weighted by molar-refractivity contribution is 6.10. The second-order valence-electron chi connectivity index (χ2n) is 12.0. The third-order valence-corrected chi connectivity index (χ3v) is 9.12. The molecule has 0 saturated heterocycles. The first-order chi connectivity index (χ1) is 23.8. The van der Waals surface area contributed by atoms with E-state index in [1.54, 1.807) is 0 Å². The maximum atomic E-state index is 6.49. The molecule has 2 heterocycles. The van der Waals surface area contributed by atoms with Gasteiger partial charge >= 0.3 is 0 Å². The molecule has 0 atom stereocenters. The molecule has 3 heteroatoms. The second-order valence-corrected chi connectivity index (χ2v) is 12.0. The van der Waals surface area contributed by atoms with Crippen LogP contribution in [0, 0.1) is 0 Å². The monoisotopic (exact) mass is 614 g/mol. The van der Waals surface area contributed by atoms with Crippen molar-refractivity contribution in [2.75, 3.05) is 4.90 Å². The third kappa shape index (κ3) is 4.99. The number of anilines is 3. The Labute approximate surface area is 279 Å². The molecule has 7 aromatic carbocycles. The van der Waals surface area contributed by atoms with Gasteiger partial charge in [0.25, 0.3) is 0 Å². The Morgan fingerprint density at radius 2 is 0.938 bits per heavy atom. The molecule has 0 unspecified atom stereocenters. The van der Waals surface area contributed by atoms with Gasteiger partial charge < -0.3 is 4.42 Å². The number of furan rings is 1. The van der Waals surface area contributed by atoms with Gasteiger partial charge in [0.1, 0.15) is 17.0 Å². The van der Waals surface area contributed by atoms with Crippen molar-refractivity contribution in [1.82, 2.24) is 4.98 Å². The van der Waals surface area contributed by atoms with E-state index in [9.17, 15) is 0 Å². The van der Waals surface area contributed by atoms with Gasteiger partial charge in [-0.3, -0.25) is 4.90 Å². The van der Waals surface area contributed by atoms with Crippen LogP contribution in [-0.2, 0) is 0 Å². The van der Waals surface area contributed by atoms with Crippen molar-refractivity contribution >= 4 is 49.9 Å². The number of hydrogen-bond donors (Lipinski definition) is 0. The summed E-state index contributed by atoms with van der Waals surface area (Å²) in [5, 5.41) is 4.42. The zero-order valence-corrected chi connectivity index (χ0v) is 26.1. The quantitative estimate of drug-likeness (QED) is 0.187. The minimum absolute atomic E-state index is 0.787. The predicted octanol–water partition coefficient (Wildman–Crippen LogP) is 12.6. The van der Waals surface area contributed by atoms with Gasteiger partial charge in [-0.1, -0.05) is 140 Å². The van der Waals surface area contributed by atoms with Gasteiger partial charge in [-0.2, -0.15) is 0 Å². The van der Waals surface area contributed by atoms with Crippen molar-refractivity contribution in [2.24, 2.45) is 0 Å². The summed E-state index contributed by atoms with van der Waals surface area (Å²) in [5.41, 5.74) is 10.7. The van der Waals surface area contributed by atoms with Crippen LogP contribution in [0.1, 0.15) is 0 Å². The van der Waals surface area contributed by atoms with E-state index in [-0.39, 0.29) is 0 Å². The standard InChI is InChI=1S/C45H30N2O/c1-3-11-31(12-4-1)32-19-21-33(22-20-32)34-23-25-38(26-24-34)47(42-18-10-9-17-39(42)35-13-5-2-6-14-35)45-29-44-41(30-46-45)40-27-36-15-7-8-16-37(36)28-43(40)48-44/h1-30H. The van der Waals surface area contributed by atoms with Crippen LogP contribution in [0.5, 0.6) is 0 Å². The molecule has 0 aliphatic carbocycles. The molecule has 226 valence electrons. The van der Waals surface area contributed by atoms with Crippen molar-refractivity contribution < 1.29 is 4.42 Å². The summed E-state index contributed by atoms with van der Waals surface area (Å²) in [6.07, 6.45) is 1.95. The molecular weight excluding hydrogens is 585 g/mol. The average Bonchev–Trinajstić information content (AvgIpc) is 3.52. The summed E-state index contributed by atoms with van der Waals surface area (Å²) in [6, 6.07) is 61.8. The fraction of sp³-hybridized carbons (Fsp3) is 0. The van der Waals surface area contributed by atoms with Crippen molar-refractivity contribution in [3.05, 3.63) is 182 Å². The predicted molar refractivity (Wildman–Crippen MR) is 200 cm³/mol. The Morgan fingerprint density at radius 3 is 1.62 bits per heavy atom. The number of fused-ring (bicyclic) bond motifs is 4. The fourth-order valence-corrected chi connectivity index (χ4v) is 6.68. The normalized spacial score (nSPS) is 11.3. The molecule has 48 heavy (non-hydrogen) atoms. The maximum Gasteiger partial charge on any atom is 0.141 e. The van der Waals surface area contributed by atoms with Gasteiger partial charge in [-0.05, 0) is 68.9 Å². The topological polar surface area (TPSA) is 29.3 Å². The van der Waals surface area contributed by atoms with E-state index in [1.165, 1.54) is 22.1 Å². The molecule has 0 bridgehead atoms. The summed E-state index contributed by atoms with van der Waals surface area (Å²) in [7, 11) is 0. The minimum Gasteiger partial charge on any atom is -0.456 e. The van der Waals surface area contributed by atoms with Gasteiger partial charge in [-0.25, -0.2) is 4.98 Å². The molecule has 9 aromatic rings. The Hall–Kier alpha value is -6.45. The van der Waals surface area contributed by atoms with E-state index < -0.39 is 0 Å². The smallest absolute Gasteiger partial charge is 0.141 e. The molecule has 9 rings (SSSR count). The number of nitrogens with zero attached hydrogens (tertiary/aromatic N) is 2. The van der Waals surface area contributed by atoms with E-state index >= 15 is 0 Å². The second kappa shape index (κ2) is 11.7. The van der Waals surface area contributed by atoms with E-state index in [0.717, 1.165) is 61.2 Å². The van der Waals surface area contributed by atoms with Gasteiger partial charge in [0.15, 0.2) is 0 Å². The summed E-state index contributed by atoms with van der Waals surface area (Å²) in [6.45, 7) is 0. The van der Waals surface area contributed by atoms with Gasteiger partial charge in [0.05, 0.1) is 5.69 Å². The van der Waals surface area contributed by atoms with Crippen molar-refractivity contribution in [3.8, 4) is 33.4 Å². The largest absolute Gasteiger partial charge is 0.456 e. The lowest BCUT2D eigenvalue weighted by molar-refractivity contribution is 0.669. The van der Waals surface area contributed by atoms with Gasteiger partial charge in [0, 0.05) is 34.3 Å². The molecule has 3 nitrogen and oxygen atoms in total. The average molecular weight is 615 g/mol. The van der Waals surface area contributed by atoms with Gasteiger partial charge in [0.2, 0.25) is 0 Å². The Kier molecular flexibility index (Phi) is 6.80. The highest BCUT2D eigenvalue weighted by Crippen LogP contribution is 2.42. The third-order valence-electron chi connectivity index (χ3n) is 9.12. The lowest BCUT2D eigenvalue weighted by Gasteiger charge is -2.27. The SMILES string of the molecule is c1ccc(-c2ccc(-c3ccc(N(c4cc5oc6cc7ccccc7cc6c5cn4)c4ccccc4-c4ccccc4)cc3)cc2)cc1. The zero-order chi connectivity index (χ0) is 31.9. The van der Waals surface area contributed by atoms with E-state index in [0.29, 0.717) is 0 Å². The van der Waals surface area contributed by atoms with E-state index in [2.05, 4.69) is 175 Å². The first kappa shape index (κ1) is 27.8. The number of hydrogen-bond acceptors (Lipinski definition) is 3. The number of aromatic nitrogens is 1. The lowest BCUT2D eigenvalue weighted by atomic mass is 9.99. The molecule has 0 aliphatic rings. The van der Waals surface area contributed by atoms with Crippen LogP contribution < -0.4 is 4.90 Å². The zero-order valence-electron chi connectivity index (χ0n) is 26.1. The highest BCUT2D eigenvalue weighted by atomic mass is 16.3. The molecule has 0 amide bonds. The minimum atomic E-state index is 0.787. The van der Waals surface area contributed by atoms with Gasteiger partial charge in [-0.15, -0.1) is 0 Å². The highest BCUT2D eigenvalue weighted by Gasteiger charge is 2.20. The summed E-state index contributed by atoms with van der Waals surface area (Å²) >= 11 is 0. The Bertz CT molecular complexity index is 2540. The first-order valence-electron chi connectivity index (χ1n) is 16.2. The molecule has 0 fully saturated rings. The molecule has 0 aliphatic heterocycles. The lowest BCUT2D eigenvalue weighted by Crippen LogP contribution is -2.12. The molecule has 0 radical (unpaired) electrons. The Morgan fingerprint density at radius 1 is 0.417 bits per heavy atom. The fourth-order valence-electron chi connectivity index (χ4n) is 6.68. The van der Waals surface area contributed by atoms with Crippen molar-refractivity contribution in [2.45, 2.75) is 0 Å². The maximum absolute atomic E-state index is 6.49.